The number of benzene rings is 3. The lowest BCUT2D eigenvalue weighted by molar-refractivity contribution is -0.384. The van der Waals surface area contributed by atoms with Gasteiger partial charge < -0.3 is 24.4 Å². The Morgan fingerprint density at radius 1 is 1.10 bits per heavy atom. The predicted octanol–water partition coefficient (Wildman–Crippen LogP) is 7.31. The van der Waals surface area contributed by atoms with E-state index in [9.17, 15) is 28.1 Å². The molecule has 1 unspecified atom stereocenters. The molecule has 1 N–H and O–H groups in total. The van der Waals surface area contributed by atoms with Gasteiger partial charge in [-0.1, -0.05) is 23.7 Å². The molecular formula is C27H27ClF3N3O6. The minimum absolute atomic E-state index is 0.148. The number of fused-ring (bicyclic) bond motifs is 1. The number of non-ortho nitro benzene ring substituents is 1. The van der Waals surface area contributed by atoms with Crippen molar-refractivity contribution in [3.05, 3.63) is 86.4 Å². The first-order valence-electron chi connectivity index (χ1n) is 11.9. The van der Waals surface area contributed by atoms with E-state index in [2.05, 4.69) is 10.1 Å². The summed E-state index contributed by atoms with van der Waals surface area (Å²) in [6.07, 6.45) is -3.98. The number of rotatable bonds is 5. The Morgan fingerprint density at radius 3 is 2.42 bits per heavy atom. The Hall–Kier alpha value is -4.19. The van der Waals surface area contributed by atoms with Gasteiger partial charge in [0, 0.05) is 30.3 Å². The second-order valence-corrected chi connectivity index (χ2v) is 9.14. The van der Waals surface area contributed by atoms with E-state index >= 15 is 0 Å². The van der Waals surface area contributed by atoms with Crippen molar-refractivity contribution < 1.29 is 37.1 Å². The van der Waals surface area contributed by atoms with Gasteiger partial charge in [0.1, 0.15) is 17.2 Å². The fourth-order valence-electron chi connectivity index (χ4n) is 4.21. The summed E-state index contributed by atoms with van der Waals surface area (Å²) in [6, 6.07) is 12.8. The number of anilines is 1. The number of carbonyl (C=O) groups is 1. The topological polar surface area (TPSA) is 103 Å². The van der Waals surface area contributed by atoms with Gasteiger partial charge in [-0.05, 0) is 55.7 Å². The van der Waals surface area contributed by atoms with Crippen LogP contribution in [0.5, 0.6) is 17.2 Å². The monoisotopic (exact) mass is 581 g/mol. The van der Waals surface area contributed by atoms with Crippen molar-refractivity contribution in [1.29, 1.82) is 0 Å². The molecule has 4 rings (SSSR count). The fraction of sp³-hybridized carbons (Fsp3) is 0.296. The second kappa shape index (κ2) is 12.8. The number of carbonyl (C=O) groups excluding carboxylic acids is 1. The van der Waals surface area contributed by atoms with Gasteiger partial charge in [0.25, 0.3) is 5.69 Å². The summed E-state index contributed by atoms with van der Waals surface area (Å²) in [5.41, 5.74) is 2.75. The molecule has 1 heterocycles. The van der Waals surface area contributed by atoms with Gasteiger partial charge in [0.2, 0.25) is 0 Å². The lowest BCUT2D eigenvalue weighted by Crippen LogP contribution is -2.41. The Balaban J connectivity index is 0.000000307. The van der Waals surface area contributed by atoms with Crippen LogP contribution in [0.25, 0.3) is 0 Å². The molecule has 1 aliphatic heterocycles. The van der Waals surface area contributed by atoms with Crippen molar-refractivity contribution >= 4 is 29.0 Å². The predicted molar refractivity (Wildman–Crippen MR) is 143 cm³/mol. The Kier molecular flexibility index (Phi) is 9.69. The van der Waals surface area contributed by atoms with Crippen LogP contribution in [0.1, 0.15) is 29.7 Å². The quantitative estimate of drug-likeness (QED) is 0.250. The number of urea groups is 1. The van der Waals surface area contributed by atoms with Gasteiger partial charge in [0.15, 0.2) is 0 Å². The van der Waals surface area contributed by atoms with Crippen molar-refractivity contribution in [2.24, 2.45) is 0 Å². The van der Waals surface area contributed by atoms with Crippen molar-refractivity contribution in [3.63, 3.8) is 0 Å². The molecule has 1 atom stereocenters. The molecule has 0 bridgehead atoms. The highest BCUT2D eigenvalue weighted by Gasteiger charge is 2.32. The summed E-state index contributed by atoms with van der Waals surface area (Å²) in [5.74, 6) is 1.17. The average Bonchev–Trinajstić information content (AvgIpc) is 2.88. The molecule has 3 aromatic rings. The van der Waals surface area contributed by atoms with Crippen molar-refractivity contribution in [2.45, 2.75) is 32.7 Å². The molecule has 3 aromatic carbocycles. The summed E-state index contributed by atoms with van der Waals surface area (Å²) >= 11 is 6.09. The average molecular weight is 582 g/mol. The zero-order valence-electron chi connectivity index (χ0n) is 22.0. The van der Waals surface area contributed by atoms with Gasteiger partial charge in [0.05, 0.1) is 35.9 Å². The number of hydrogen-bond acceptors (Lipinski definition) is 6. The first-order valence-corrected chi connectivity index (χ1v) is 12.3. The maximum atomic E-state index is 12.9. The van der Waals surface area contributed by atoms with Crippen LogP contribution in [0.15, 0.2) is 54.6 Å². The summed E-state index contributed by atoms with van der Waals surface area (Å²) in [6.45, 7) is 4.08. The van der Waals surface area contributed by atoms with Gasteiger partial charge in [-0.2, -0.15) is 0 Å². The van der Waals surface area contributed by atoms with E-state index in [0.717, 1.165) is 16.7 Å². The molecule has 0 radical (unpaired) electrons. The molecule has 0 saturated carbocycles. The third-order valence-corrected chi connectivity index (χ3v) is 6.38. The van der Waals surface area contributed by atoms with E-state index in [4.69, 9.17) is 21.1 Å². The van der Waals surface area contributed by atoms with Crippen LogP contribution in [0.3, 0.4) is 0 Å². The molecule has 40 heavy (non-hydrogen) atoms. The fourth-order valence-corrected chi connectivity index (χ4v) is 4.38. The van der Waals surface area contributed by atoms with Gasteiger partial charge >= 0.3 is 12.4 Å². The van der Waals surface area contributed by atoms with E-state index in [1.54, 1.807) is 38.2 Å². The smallest absolute Gasteiger partial charge is 0.497 e. The summed E-state index contributed by atoms with van der Waals surface area (Å²) in [5, 5.41) is 13.9. The molecule has 0 saturated heterocycles. The van der Waals surface area contributed by atoms with E-state index in [1.165, 1.54) is 36.4 Å². The molecule has 13 heteroatoms. The van der Waals surface area contributed by atoms with E-state index in [1.807, 2.05) is 13.0 Å². The van der Waals surface area contributed by atoms with Gasteiger partial charge in [-0.3, -0.25) is 10.1 Å². The van der Waals surface area contributed by atoms with Crippen molar-refractivity contribution in [2.75, 3.05) is 26.1 Å². The third kappa shape index (κ3) is 7.69. The number of methoxy groups -OCH3 is 2. The number of amides is 2. The zero-order chi connectivity index (χ0) is 29.6. The van der Waals surface area contributed by atoms with Gasteiger partial charge in [-0.15, -0.1) is 13.2 Å². The third-order valence-electron chi connectivity index (χ3n) is 6.05. The number of nitrogens with zero attached hydrogens (tertiary/aromatic N) is 2. The van der Waals surface area contributed by atoms with Crippen LogP contribution >= 0.6 is 11.6 Å². The van der Waals surface area contributed by atoms with Crippen molar-refractivity contribution in [3.8, 4) is 17.2 Å². The summed E-state index contributed by atoms with van der Waals surface area (Å²) in [7, 11) is 3.17. The Morgan fingerprint density at radius 2 is 1.82 bits per heavy atom. The van der Waals surface area contributed by atoms with E-state index < -0.39 is 17.3 Å². The summed E-state index contributed by atoms with van der Waals surface area (Å²) < 4.78 is 49.4. The maximum absolute atomic E-state index is 12.9. The standard InChI is InChI=1S/C19H20ClN3O5.C8H7F3O/c1-11-18-12(8-14(27-2)10-17(18)28-3)6-7-22(11)19(24)21-16-9-13(23(25)26)4-5-15(16)20;1-6-3-2-4-7(5-6)12-8(9,10)11/h4-5,8-11H,6-7H2,1-3H3,(H,21,24);2-5H,1H3. The first kappa shape index (κ1) is 30.4. The first-order chi connectivity index (χ1) is 18.8. The Bertz CT molecular complexity index is 1370. The highest BCUT2D eigenvalue weighted by Crippen LogP contribution is 2.39. The molecule has 0 fully saturated rings. The maximum Gasteiger partial charge on any atom is 0.573 e. The normalized spacial score (nSPS) is 14.3. The van der Waals surface area contributed by atoms with Crippen LogP contribution in [-0.4, -0.2) is 43.0 Å². The SMILES string of the molecule is COc1cc2c(c(OC)c1)C(C)N(C(=O)Nc1cc([N+](=O)[O-])ccc1Cl)CC2.Cc1cccc(OC(F)(F)F)c1. The molecule has 0 aliphatic carbocycles. The second-order valence-electron chi connectivity index (χ2n) is 8.74. The molecule has 2 amide bonds. The summed E-state index contributed by atoms with van der Waals surface area (Å²) in [4.78, 5) is 25.0. The molecule has 0 spiro atoms. The van der Waals surface area contributed by atoms with Crippen molar-refractivity contribution in [1.82, 2.24) is 4.90 Å². The highest BCUT2D eigenvalue weighted by atomic mass is 35.5. The van der Waals surface area contributed by atoms with Crippen LogP contribution < -0.4 is 19.5 Å². The van der Waals surface area contributed by atoms with Crippen LogP contribution in [0.4, 0.5) is 29.3 Å². The van der Waals surface area contributed by atoms with E-state index in [-0.39, 0.29) is 28.2 Å². The largest absolute Gasteiger partial charge is 0.573 e. The lowest BCUT2D eigenvalue weighted by atomic mass is 9.92. The molecule has 214 valence electrons. The van der Waals surface area contributed by atoms with Gasteiger partial charge in [-0.25, -0.2) is 4.79 Å². The van der Waals surface area contributed by atoms with E-state index in [0.29, 0.717) is 24.5 Å². The minimum atomic E-state index is -4.60. The Labute approximate surface area is 233 Å². The lowest BCUT2D eigenvalue weighted by Gasteiger charge is -2.36. The number of ether oxygens (including phenoxy) is 3. The zero-order valence-corrected chi connectivity index (χ0v) is 22.8. The molecule has 9 nitrogen and oxygen atoms in total. The molecule has 0 aromatic heterocycles. The number of nitro benzene ring substituents is 1. The minimum Gasteiger partial charge on any atom is -0.497 e. The number of nitro groups is 1. The highest BCUT2D eigenvalue weighted by molar-refractivity contribution is 6.33. The van der Waals surface area contributed by atoms with Crippen LogP contribution in [0.2, 0.25) is 5.02 Å². The number of halogens is 4. The van der Waals surface area contributed by atoms with Crippen LogP contribution in [0, 0.1) is 17.0 Å². The number of nitrogens with one attached hydrogen (secondary N) is 1. The molecular weight excluding hydrogens is 555 g/mol. The van der Waals surface area contributed by atoms with Crippen LogP contribution in [-0.2, 0) is 6.42 Å². The number of aryl methyl sites for hydroxylation is 1. The molecule has 1 aliphatic rings. The number of alkyl halides is 3. The number of hydrogen-bond donors (Lipinski definition) is 1.